The van der Waals surface area contributed by atoms with Crippen molar-refractivity contribution in [3.63, 3.8) is 0 Å². The van der Waals surface area contributed by atoms with Gasteiger partial charge in [0.15, 0.2) is 5.69 Å². The van der Waals surface area contributed by atoms with Gasteiger partial charge < -0.3 is 10.1 Å². The summed E-state index contributed by atoms with van der Waals surface area (Å²) in [5.74, 6) is -0.423. The number of rotatable bonds is 5. The van der Waals surface area contributed by atoms with Gasteiger partial charge in [-0.1, -0.05) is 22.0 Å². The maximum Gasteiger partial charge on any atom is 0.356 e. The summed E-state index contributed by atoms with van der Waals surface area (Å²) in [7, 11) is 1.37. The van der Waals surface area contributed by atoms with E-state index < -0.39 is 5.97 Å². The maximum absolute atomic E-state index is 11.9. The first-order chi connectivity index (χ1) is 12.1. The molecule has 5 nitrogen and oxygen atoms in total. The third-order valence-electron chi connectivity index (χ3n) is 4.50. The van der Waals surface area contributed by atoms with Crippen LogP contribution in [0.4, 0.5) is 5.69 Å². The molecule has 1 aromatic carbocycles. The van der Waals surface area contributed by atoms with Gasteiger partial charge in [-0.05, 0) is 37.1 Å². The average Bonchev–Trinajstić information content (AvgIpc) is 2.63. The normalized spacial score (nSPS) is 15.9. The first-order valence-corrected chi connectivity index (χ1v) is 9.18. The first kappa shape index (κ1) is 17.9. The summed E-state index contributed by atoms with van der Waals surface area (Å²) in [6, 6.07) is 8.02. The third kappa shape index (κ3) is 4.19. The van der Waals surface area contributed by atoms with Crippen LogP contribution in [0, 0.1) is 0 Å². The number of benzene rings is 1. The Morgan fingerprint density at radius 1 is 1.44 bits per heavy atom. The molecule has 2 aromatic rings. The molecule has 2 heterocycles. The molecule has 1 N–H and O–H groups in total. The van der Waals surface area contributed by atoms with Crippen LogP contribution in [0.1, 0.15) is 23.3 Å². The summed E-state index contributed by atoms with van der Waals surface area (Å²) in [6.07, 6.45) is 4.06. The Labute approximate surface area is 156 Å². The van der Waals surface area contributed by atoms with E-state index in [-0.39, 0.29) is 0 Å². The standard InChI is InChI=1S/C19H22BrN3O2/c1-3-8-23-9-6-14(7-10-23)21-17-12-18(19(24)25-2)22-16-5-4-13(20)11-15(16)17/h3-5,11-12,14H,1,6-10H2,2H3,(H,21,22). The van der Waals surface area contributed by atoms with Gasteiger partial charge in [0.25, 0.3) is 0 Å². The molecule has 0 bridgehead atoms. The van der Waals surface area contributed by atoms with Crippen molar-refractivity contribution < 1.29 is 9.53 Å². The van der Waals surface area contributed by atoms with E-state index in [2.05, 4.69) is 37.7 Å². The summed E-state index contributed by atoms with van der Waals surface area (Å²) in [5.41, 5.74) is 2.02. The van der Waals surface area contributed by atoms with Crippen LogP contribution < -0.4 is 5.32 Å². The highest BCUT2D eigenvalue weighted by Crippen LogP contribution is 2.28. The molecule has 0 unspecified atom stereocenters. The molecule has 0 radical (unpaired) electrons. The van der Waals surface area contributed by atoms with Gasteiger partial charge in [0, 0.05) is 41.2 Å². The maximum atomic E-state index is 11.9. The van der Waals surface area contributed by atoms with Crippen LogP contribution in [-0.4, -0.2) is 48.6 Å². The number of ether oxygens (including phenoxy) is 1. The number of nitrogens with one attached hydrogen (secondary N) is 1. The van der Waals surface area contributed by atoms with Crippen LogP contribution in [0.25, 0.3) is 10.9 Å². The number of halogens is 1. The van der Waals surface area contributed by atoms with Crippen LogP contribution >= 0.6 is 15.9 Å². The van der Waals surface area contributed by atoms with Crippen LogP contribution in [-0.2, 0) is 4.74 Å². The van der Waals surface area contributed by atoms with Crippen molar-refractivity contribution in [1.29, 1.82) is 0 Å². The van der Waals surface area contributed by atoms with Crippen molar-refractivity contribution in [2.24, 2.45) is 0 Å². The molecule has 0 spiro atoms. The fourth-order valence-corrected chi connectivity index (χ4v) is 3.55. The number of methoxy groups -OCH3 is 1. The highest BCUT2D eigenvalue weighted by Gasteiger charge is 2.20. The van der Waals surface area contributed by atoms with E-state index in [0.717, 1.165) is 53.5 Å². The predicted octanol–water partition coefficient (Wildman–Crippen LogP) is 3.85. The number of piperidine rings is 1. The molecule has 0 atom stereocenters. The number of carbonyl (C=O) groups is 1. The van der Waals surface area contributed by atoms with E-state index in [9.17, 15) is 4.79 Å². The van der Waals surface area contributed by atoms with E-state index >= 15 is 0 Å². The minimum atomic E-state index is -0.423. The zero-order valence-electron chi connectivity index (χ0n) is 14.3. The van der Waals surface area contributed by atoms with Crippen LogP contribution in [0.2, 0.25) is 0 Å². The van der Waals surface area contributed by atoms with Gasteiger partial charge in [0.1, 0.15) is 0 Å². The SMILES string of the molecule is C=CCN1CCC(Nc2cc(C(=O)OC)nc3ccc(Br)cc23)CC1. The number of carbonyl (C=O) groups excluding carboxylic acids is 1. The Hall–Kier alpha value is -1.92. The summed E-state index contributed by atoms with van der Waals surface area (Å²) in [4.78, 5) is 18.8. The lowest BCUT2D eigenvalue weighted by Gasteiger charge is -2.32. The molecule has 0 aliphatic carbocycles. The van der Waals surface area contributed by atoms with Gasteiger partial charge in [-0.15, -0.1) is 6.58 Å². The smallest absolute Gasteiger partial charge is 0.356 e. The second kappa shape index (κ2) is 7.97. The number of pyridine rings is 1. The Morgan fingerprint density at radius 2 is 2.20 bits per heavy atom. The molecule has 1 saturated heterocycles. The zero-order chi connectivity index (χ0) is 17.8. The van der Waals surface area contributed by atoms with Gasteiger partial charge in [0.2, 0.25) is 0 Å². The zero-order valence-corrected chi connectivity index (χ0v) is 15.9. The van der Waals surface area contributed by atoms with Gasteiger partial charge in [-0.25, -0.2) is 9.78 Å². The fourth-order valence-electron chi connectivity index (χ4n) is 3.19. The minimum absolute atomic E-state index is 0.323. The summed E-state index contributed by atoms with van der Waals surface area (Å²) < 4.78 is 5.82. The van der Waals surface area contributed by atoms with Gasteiger partial charge in [0.05, 0.1) is 12.6 Å². The number of hydrogen-bond acceptors (Lipinski definition) is 5. The highest BCUT2D eigenvalue weighted by molar-refractivity contribution is 9.10. The quantitative estimate of drug-likeness (QED) is 0.606. The van der Waals surface area contributed by atoms with Gasteiger partial charge >= 0.3 is 5.97 Å². The van der Waals surface area contributed by atoms with Crippen molar-refractivity contribution in [2.75, 3.05) is 32.1 Å². The number of likely N-dealkylation sites (tertiary alicyclic amines) is 1. The third-order valence-corrected chi connectivity index (χ3v) is 4.99. The lowest BCUT2D eigenvalue weighted by atomic mass is 10.0. The summed E-state index contributed by atoms with van der Waals surface area (Å²) >= 11 is 3.51. The number of hydrogen-bond donors (Lipinski definition) is 1. The van der Waals surface area contributed by atoms with Crippen molar-refractivity contribution >= 4 is 38.5 Å². The Bertz CT molecular complexity index is 786. The summed E-state index contributed by atoms with van der Waals surface area (Å²) in [5, 5.41) is 4.61. The van der Waals surface area contributed by atoms with Crippen LogP contribution in [0.3, 0.4) is 0 Å². The fraction of sp³-hybridized carbons (Fsp3) is 0.368. The number of fused-ring (bicyclic) bond motifs is 1. The Morgan fingerprint density at radius 3 is 2.88 bits per heavy atom. The largest absolute Gasteiger partial charge is 0.464 e. The predicted molar refractivity (Wildman–Crippen MR) is 104 cm³/mol. The van der Waals surface area contributed by atoms with Crippen molar-refractivity contribution in [3.05, 3.63) is 47.1 Å². The molecule has 6 heteroatoms. The van der Waals surface area contributed by atoms with E-state index in [4.69, 9.17) is 4.74 Å². The highest BCUT2D eigenvalue weighted by atomic mass is 79.9. The number of anilines is 1. The number of esters is 1. The van der Waals surface area contributed by atoms with Gasteiger partial charge in [-0.3, -0.25) is 4.90 Å². The Kier molecular flexibility index (Phi) is 5.71. The van der Waals surface area contributed by atoms with E-state index in [0.29, 0.717) is 11.7 Å². The molecule has 1 aliphatic heterocycles. The molecule has 25 heavy (non-hydrogen) atoms. The molecular formula is C19H22BrN3O2. The first-order valence-electron chi connectivity index (χ1n) is 8.39. The van der Waals surface area contributed by atoms with Crippen LogP contribution in [0.15, 0.2) is 41.4 Å². The lowest BCUT2D eigenvalue weighted by molar-refractivity contribution is 0.0594. The monoisotopic (exact) mass is 403 g/mol. The molecular weight excluding hydrogens is 382 g/mol. The van der Waals surface area contributed by atoms with Crippen LogP contribution in [0.5, 0.6) is 0 Å². The molecule has 132 valence electrons. The Balaban J connectivity index is 1.87. The molecule has 0 amide bonds. The topological polar surface area (TPSA) is 54.5 Å². The van der Waals surface area contributed by atoms with Gasteiger partial charge in [-0.2, -0.15) is 0 Å². The second-order valence-corrected chi connectivity index (χ2v) is 7.13. The van der Waals surface area contributed by atoms with Crippen molar-refractivity contribution in [3.8, 4) is 0 Å². The molecule has 1 fully saturated rings. The lowest BCUT2D eigenvalue weighted by Crippen LogP contribution is -2.39. The molecule has 1 aliphatic rings. The molecule has 0 saturated carbocycles. The van der Waals surface area contributed by atoms with Crippen molar-refractivity contribution in [2.45, 2.75) is 18.9 Å². The number of nitrogens with zero attached hydrogens (tertiary/aromatic N) is 2. The molecule has 1 aromatic heterocycles. The average molecular weight is 404 g/mol. The van der Waals surface area contributed by atoms with E-state index in [1.165, 1.54) is 7.11 Å². The molecule has 3 rings (SSSR count). The number of aromatic nitrogens is 1. The van der Waals surface area contributed by atoms with E-state index in [1.54, 1.807) is 6.07 Å². The van der Waals surface area contributed by atoms with Crippen molar-refractivity contribution in [1.82, 2.24) is 9.88 Å². The minimum Gasteiger partial charge on any atom is -0.464 e. The van der Waals surface area contributed by atoms with E-state index in [1.807, 2.05) is 24.3 Å². The second-order valence-electron chi connectivity index (χ2n) is 6.22. The summed E-state index contributed by atoms with van der Waals surface area (Å²) in [6.45, 7) is 6.82.